The van der Waals surface area contributed by atoms with Crippen molar-refractivity contribution in [3.8, 4) is 5.75 Å². The third-order valence-electron chi connectivity index (χ3n) is 2.73. The molecule has 1 rings (SSSR count). The van der Waals surface area contributed by atoms with E-state index < -0.39 is 5.60 Å². The van der Waals surface area contributed by atoms with Gasteiger partial charge in [0.25, 0.3) is 0 Å². The Morgan fingerprint density at radius 1 is 1.32 bits per heavy atom. The third-order valence-corrected chi connectivity index (χ3v) is 2.73. The zero-order valence-corrected chi connectivity index (χ0v) is 12.8. The minimum Gasteiger partial charge on any atom is -0.490 e. The highest BCUT2D eigenvalue weighted by Crippen LogP contribution is 2.24. The third kappa shape index (κ3) is 6.08. The van der Waals surface area contributed by atoms with Crippen molar-refractivity contribution >= 4 is 0 Å². The van der Waals surface area contributed by atoms with Gasteiger partial charge in [0.15, 0.2) is 0 Å². The first kappa shape index (κ1) is 16.0. The second-order valence-electron chi connectivity index (χ2n) is 6.19. The number of hydrogen-bond acceptors (Lipinski definition) is 3. The van der Waals surface area contributed by atoms with Crippen molar-refractivity contribution in [2.24, 2.45) is 5.92 Å². The van der Waals surface area contributed by atoms with Crippen LogP contribution in [0.2, 0.25) is 0 Å². The molecule has 3 nitrogen and oxygen atoms in total. The van der Waals surface area contributed by atoms with E-state index in [0.717, 1.165) is 30.0 Å². The van der Waals surface area contributed by atoms with Crippen LogP contribution in [0.5, 0.6) is 5.75 Å². The van der Waals surface area contributed by atoms with E-state index in [1.54, 1.807) is 13.8 Å². The topological polar surface area (TPSA) is 41.5 Å². The Hall–Kier alpha value is -1.06. The van der Waals surface area contributed by atoms with Crippen molar-refractivity contribution in [3.63, 3.8) is 0 Å². The molecular formula is C16H27NO2. The fourth-order valence-corrected chi connectivity index (χ4v) is 1.80. The molecule has 0 saturated heterocycles. The average Bonchev–Trinajstić information content (AvgIpc) is 2.26. The molecule has 0 atom stereocenters. The van der Waals surface area contributed by atoms with Crippen LogP contribution >= 0.6 is 0 Å². The summed E-state index contributed by atoms with van der Waals surface area (Å²) in [7, 11) is 0. The van der Waals surface area contributed by atoms with Crippen LogP contribution in [0.4, 0.5) is 0 Å². The molecule has 2 N–H and O–H groups in total. The van der Waals surface area contributed by atoms with Gasteiger partial charge in [-0.2, -0.15) is 0 Å². The van der Waals surface area contributed by atoms with Crippen LogP contribution in [-0.4, -0.2) is 23.9 Å². The predicted molar refractivity (Wildman–Crippen MR) is 79.5 cm³/mol. The van der Waals surface area contributed by atoms with Gasteiger partial charge in [-0.15, -0.1) is 0 Å². The molecule has 0 aliphatic rings. The first-order valence-corrected chi connectivity index (χ1v) is 6.94. The van der Waals surface area contributed by atoms with Gasteiger partial charge in [0.1, 0.15) is 12.4 Å². The van der Waals surface area contributed by atoms with E-state index in [2.05, 4.69) is 25.2 Å². The second kappa shape index (κ2) is 6.92. The van der Waals surface area contributed by atoms with E-state index in [1.165, 1.54) is 0 Å². The van der Waals surface area contributed by atoms with Crippen LogP contribution in [-0.2, 0) is 6.54 Å². The van der Waals surface area contributed by atoms with E-state index in [-0.39, 0.29) is 0 Å². The molecule has 3 heteroatoms. The summed E-state index contributed by atoms with van der Waals surface area (Å²) in [6.45, 7) is 12.0. The lowest BCUT2D eigenvalue weighted by Gasteiger charge is -2.21. The Kier molecular flexibility index (Phi) is 5.83. The number of hydrogen-bond donors (Lipinski definition) is 2. The maximum Gasteiger partial charge on any atom is 0.126 e. The molecule has 0 aliphatic heterocycles. The molecule has 1 aromatic rings. The number of para-hydroxylation sites is 1. The Labute approximate surface area is 117 Å². The normalized spacial score (nSPS) is 11.9. The summed E-state index contributed by atoms with van der Waals surface area (Å²) in [6, 6.07) is 6.14. The summed E-state index contributed by atoms with van der Waals surface area (Å²) in [5.41, 5.74) is 1.43. The van der Waals surface area contributed by atoms with Gasteiger partial charge >= 0.3 is 0 Å². The molecule has 19 heavy (non-hydrogen) atoms. The van der Waals surface area contributed by atoms with E-state index in [4.69, 9.17) is 4.74 Å². The number of ether oxygens (including phenoxy) is 1. The number of aryl methyl sites for hydroxylation is 1. The van der Waals surface area contributed by atoms with Crippen LogP contribution < -0.4 is 10.1 Å². The number of benzene rings is 1. The van der Waals surface area contributed by atoms with Crippen LogP contribution in [0.15, 0.2) is 18.2 Å². The lowest BCUT2D eigenvalue weighted by Crippen LogP contribution is -2.28. The number of nitrogens with one attached hydrogen (secondary N) is 1. The summed E-state index contributed by atoms with van der Waals surface area (Å²) < 4.78 is 5.80. The molecule has 0 aromatic heterocycles. The molecular weight excluding hydrogens is 238 g/mol. The molecule has 0 heterocycles. The number of aliphatic hydroxyl groups is 1. The van der Waals surface area contributed by atoms with E-state index in [1.807, 2.05) is 19.1 Å². The molecule has 0 radical (unpaired) electrons. The molecule has 0 saturated carbocycles. The van der Waals surface area contributed by atoms with Gasteiger partial charge in [0.05, 0.1) is 5.60 Å². The summed E-state index contributed by atoms with van der Waals surface area (Å²) in [5, 5.41) is 13.2. The molecule has 108 valence electrons. The van der Waals surface area contributed by atoms with Crippen molar-refractivity contribution in [3.05, 3.63) is 29.3 Å². The summed E-state index contributed by atoms with van der Waals surface area (Å²) in [6.07, 6.45) is 0. The molecule has 0 aliphatic carbocycles. The highest BCUT2D eigenvalue weighted by Gasteiger charge is 2.15. The summed E-state index contributed by atoms with van der Waals surface area (Å²) in [5.74, 6) is 1.52. The largest absolute Gasteiger partial charge is 0.490 e. The molecule has 0 fully saturated rings. The van der Waals surface area contributed by atoms with Crippen LogP contribution in [0.3, 0.4) is 0 Å². The van der Waals surface area contributed by atoms with Gasteiger partial charge < -0.3 is 15.2 Å². The van der Waals surface area contributed by atoms with Crippen LogP contribution in [0.1, 0.15) is 38.8 Å². The van der Waals surface area contributed by atoms with Crippen LogP contribution in [0.25, 0.3) is 0 Å². The Morgan fingerprint density at radius 3 is 2.58 bits per heavy atom. The Morgan fingerprint density at radius 2 is 2.00 bits per heavy atom. The molecule has 0 spiro atoms. The zero-order valence-electron chi connectivity index (χ0n) is 12.8. The van der Waals surface area contributed by atoms with E-state index in [9.17, 15) is 5.11 Å². The summed E-state index contributed by atoms with van der Waals surface area (Å²) >= 11 is 0. The monoisotopic (exact) mass is 265 g/mol. The van der Waals surface area contributed by atoms with Gasteiger partial charge in [-0.25, -0.2) is 0 Å². The second-order valence-corrected chi connectivity index (χ2v) is 6.19. The van der Waals surface area contributed by atoms with Crippen LogP contribution in [0, 0.1) is 12.8 Å². The predicted octanol–water partition coefficient (Wildman–Crippen LogP) is 2.89. The zero-order chi connectivity index (χ0) is 14.5. The minimum absolute atomic E-state index is 0.301. The van der Waals surface area contributed by atoms with Gasteiger partial charge in [-0.05, 0) is 38.8 Å². The Balaban J connectivity index is 2.72. The fraction of sp³-hybridized carbons (Fsp3) is 0.625. The van der Waals surface area contributed by atoms with Gasteiger partial charge in [0, 0.05) is 12.1 Å². The van der Waals surface area contributed by atoms with Crippen molar-refractivity contribution in [1.29, 1.82) is 0 Å². The first-order chi connectivity index (χ1) is 8.79. The van der Waals surface area contributed by atoms with Crippen molar-refractivity contribution in [2.75, 3.05) is 13.2 Å². The van der Waals surface area contributed by atoms with Gasteiger partial charge in [-0.3, -0.25) is 0 Å². The lowest BCUT2D eigenvalue weighted by molar-refractivity contribution is 0.0279. The van der Waals surface area contributed by atoms with E-state index >= 15 is 0 Å². The summed E-state index contributed by atoms with van der Waals surface area (Å²) in [4.78, 5) is 0. The first-order valence-electron chi connectivity index (χ1n) is 6.94. The van der Waals surface area contributed by atoms with Crippen molar-refractivity contribution in [2.45, 2.75) is 46.8 Å². The van der Waals surface area contributed by atoms with E-state index in [0.29, 0.717) is 12.5 Å². The SMILES string of the molecule is Cc1cccc(CNCC(C)C)c1OCC(C)(C)O. The quantitative estimate of drug-likeness (QED) is 0.796. The highest BCUT2D eigenvalue weighted by molar-refractivity contribution is 5.40. The smallest absolute Gasteiger partial charge is 0.126 e. The Bertz CT molecular complexity index is 394. The van der Waals surface area contributed by atoms with Crippen molar-refractivity contribution in [1.82, 2.24) is 5.32 Å². The standard InChI is InChI=1S/C16H27NO2/c1-12(2)9-17-10-14-8-6-7-13(3)15(14)19-11-16(4,5)18/h6-8,12,17-18H,9-11H2,1-5H3. The lowest BCUT2D eigenvalue weighted by atomic mass is 10.1. The maximum absolute atomic E-state index is 9.77. The average molecular weight is 265 g/mol. The van der Waals surface area contributed by atoms with Crippen molar-refractivity contribution < 1.29 is 9.84 Å². The molecule has 0 bridgehead atoms. The van der Waals surface area contributed by atoms with Gasteiger partial charge in [0.2, 0.25) is 0 Å². The molecule has 0 unspecified atom stereocenters. The minimum atomic E-state index is -0.815. The molecule has 1 aromatic carbocycles. The fourth-order valence-electron chi connectivity index (χ4n) is 1.80. The maximum atomic E-state index is 9.77. The van der Waals surface area contributed by atoms with Gasteiger partial charge in [-0.1, -0.05) is 32.0 Å². The molecule has 0 amide bonds. The highest BCUT2D eigenvalue weighted by atomic mass is 16.5. The number of rotatable bonds is 7.